The molecule has 1 aliphatic rings. The lowest BCUT2D eigenvalue weighted by atomic mass is 9.86. The molecule has 1 aromatic rings. The van der Waals surface area contributed by atoms with Gasteiger partial charge < -0.3 is 4.74 Å². The van der Waals surface area contributed by atoms with E-state index in [1.165, 1.54) is 19.4 Å². The Bertz CT molecular complexity index is 391. The lowest BCUT2D eigenvalue weighted by molar-refractivity contribution is 0.0980. The highest BCUT2D eigenvalue weighted by molar-refractivity contribution is 5.09. The standard InChI is InChI=1S/C14H23N3O/c1-11(2)14(3)6-5-7-17(14)10-12-8-15-13(18-4)16-9-12/h8-9,11H,5-7,10H2,1-4H3. The highest BCUT2D eigenvalue weighted by Gasteiger charge is 2.38. The van der Waals surface area contributed by atoms with E-state index in [1.807, 2.05) is 12.4 Å². The van der Waals surface area contributed by atoms with Gasteiger partial charge in [-0.3, -0.25) is 4.90 Å². The van der Waals surface area contributed by atoms with Crippen LogP contribution in [0.5, 0.6) is 6.01 Å². The van der Waals surface area contributed by atoms with Gasteiger partial charge in [0, 0.05) is 30.0 Å². The highest BCUT2D eigenvalue weighted by atomic mass is 16.5. The minimum atomic E-state index is 0.305. The second kappa shape index (κ2) is 5.22. The monoisotopic (exact) mass is 249 g/mol. The van der Waals surface area contributed by atoms with Crippen molar-refractivity contribution in [2.75, 3.05) is 13.7 Å². The van der Waals surface area contributed by atoms with Crippen LogP contribution >= 0.6 is 0 Å². The van der Waals surface area contributed by atoms with E-state index >= 15 is 0 Å². The Balaban J connectivity index is 2.08. The molecule has 0 aliphatic carbocycles. The van der Waals surface area contributed by atoms with Gasteiger partial charge in [-0.15, -0.1) is 0 Å². The zero-order chi connectivity index (χ0) is 13.2. The van der Waals surface area contributed by atoms with Crippen molar-refractivity contribution in [2.45, 2.75) is 45.7 Å². The van der Waals surface area contributed by atoms with Gasteiger partial charge in [0.1, 0.15) is 0 Å². The van der Waals surface area contributed by atoms with Crippen molar-refractivity contribution in [3.63, 3.8) is 0 Å². The minimum Gasteiger partial charge on any atom is -0.467 e. The Labute approximate surface area is 109 Å². The number of aromatic nitrogens is 2. The molecule has 0 N–H and O–H groups in total. The maximum absolute atomic E-state index is 4.98. The molecule has 1 unspecified atom stereocenters. The van der Waals surface area contributed by atoms with Gasteiger partial charge in [0.15, 0.2) is 0 Å². The summed E-state index contributed by atoms with van der Waals surface area (Å²) in [5.74, 6) is 0.666. The fourth-order valence-corrected chi connectivity index (χ4v) is 2.71. The van der Waals surface area contributed by atoms with Gasteiger partial charge in [-0.2, -0.15) is 0 Å². The van der Waals surface area contributed by atoms with Gasteiger partial charge >= 0.3 is 6.01 Å². The van der Waals surface area contributed by atoms with Gasteiger partial charge in [0.05, 0.1) is 7.11 Å². The Hall–Kier alpha value is -1.16. The molecule has 1 aromatic heterocycles. The fourth-order valence-electron chi connectivity index (χ4n) is 2.71. The molecule has 18 heavy (non-hydrogen) atoms. The molecule has 0 bridgehead atoms. The predicted octanol–water partition coefficient (Wildman–Crippen LogP) is 2.50. The van der Waals surface area contributed by atoms with Crippen LogP contribution in [0.15, 0.2) is 12.4 Å². The number of ether oxygens (including phenoxy) is 1. The van der Waals surface area contributed by atoms with Crippen molar-refractivity contribution in [3.8, 4) is 6.01 Å². The van der Waals surface area contributed by atoms with E-state index in [0.29, 0.717) is 17.5 Å². The van der Waals surface area contributed by atoms with Crippen molar-refractivity contribution in [3.05, 3.63) is 18.0 Å². The van der Waals surface area contributed by atoms with Gasteiger partial charge in [0.25, 0.3) is 0 Å². The van der Waals surface area contributed by atoms with Crippen molar-refractivity contribution in [2.24, 2.45) is 5.92 Å². The van der Waals surface area contributed by atoms with Crippen molar-refractivity contribution < 1.29 is 4.74 Å². The molecule has 0 spiro atoms. The van der Waals surface area contributed by atoms with E-state index < -0.39 is 0 Å². The number of hydrogen-bond acceptors (Lipinski definition) is 4. The number of likely N-dealkylation sites (tertiary alicyclic amines) is 1. The highest BCUT2D eigenvalue weighted by Crippen LogP contribution is 2.36. The third-order valence-electron chi connectivity index (χ3n) is 4.31. The first-order valence-electron chi connectivity index (χ1n) is 6.66. The largest absolute Gasteiger partial charge is 0.467 e. The molecule has 2 heterocycles. The number of nitrogens with zero attached hydrogens (tertiary/aromatic N) is 3. The van der Waals surface area contributed by atoms with E-state index in [-0.39, 0.29) is 0 Å². The fraction of sp³-hybridized carbons (Fsp3) is 0.714. The lowest BCUT2D eigenvalue weighted by Gasteiger charge is -2.39. The zero-order valence-corrected chi connectivity index (χ0v) is 11.8. The van der Waals surface area contributed by atoms with Crippen molar-refractivity contribution >= 4 is 0 Å². The smallest absolute Gasteiger partial charge is 0.316 e. The van der Waals surface area contributed by atoms with Crippen molar-refractivity contribution in [1.29, 1.82) is 0 Å². The Morgan fingerprint density at radius 1 is 1.39 bits per heavy atom. The van der Waals surface area contributed by atoms with Gasteiger partial charge in [-0.25, -0.2) is 9.97 Å². The summed E-state index contributed by atoms with van der Waals surface area (Å²) in [6.45, 7) is 9.08. The summed E-state index contributed by atoms with van der Waals surface area (Å²) in [6.07, 6.45) is 6.29. The summed E-state index contributed by atoms with van der Waals surface area (Å²) in [4.78, 5) is 10.9. The molecule has 0 amide bonds. The van der Waals surface area contributed by atoms with Crippen LogP contribution in [0.1, 0.15) is 39.2 Å². The van der Waals surface area contributed by atoms with E-state index in [4.69, 9.17) is 4.74 Å². The Morgan fingerprint density at radius 3 is 2.61 bits per heavy atom. The molecule has 1 saturated heterocycles. The summed E-state index contributed by atoms with van der Waals surface area (Å²) in [6, 6.07) is 0.437. The molecule has 100 valence electrons. The van der Waals surface area contributed by atoms with E-state index in [1.54, 1.807) is 7.11 Å². The first-order chi connectivity index (χ1) is 8.56. The molecule has 0 aromatic carbocycles. The summed E-state index contributed by atoms with van der Waals surface area (Å²) in [7, 11) is 1.59. The van der Waals surface area contributed by atoms with Crippen LogP contribution in [0.25, 0.3) is 0 Å². The van der Waals surface area contributed by atoms with E-state index in [2.05, 4.69) is 35.6 Å². The average molecular weight is 249 g/mol. The van der Waals surface area contributed by atoms with Crippen LogP contribution in [0.2, 0.25) is 0 Å². The van der Waals surface area contributed by atoms with Gasteiger partial charge in [-0.05, 0) is 32.2 Å². The third-order valence-corrected chi connectivity index (χ3v) is 4.31. The van der Waals surface area contributed by atoms with Gasteiger partial charge in [-0.1, -0.05) is 13.8 Å². The SMILES string of the molecule is COc1ncc(CN2CCCC2(C)C(C)C)cn1. The maximum Gasteiger partial charge on any atom is 0.316 e. The van der Waals surface area contributed by atoms with Crippen LogP contribution in [0, 0.1) is 5.92 Å². The van der Waals surface area contributed by atoms with Gasteiger partial charge in [0.2, 0.25) is 0 Å². The summed E-state index contributed by atoms with van der Waals surface area (Å²) < 4.78 is 4.98. The summed E-state index contributed by atoms with van der Waals surface area (Å²) in [5, 5.41) is 0. The molecule has 0 radical (unpaired) electrons. The van der Waals surface area contributed by atoms with Crippen LogP contribution in [-0.2, 0) is 6.54 Å². The number of hydrogen-bond donors (Lipinski definition) is 0. The Morgan fingerprint density at radius 2 is 2.06 bits per heavy atom. The quantitative estimate of drug-likeness (QED) is 0.821. The molecule has 1 aliphatic heterocycles. The summed E-state index contributed by atoms with van der Waals surface area (Å²) >= 11 is 0. The second-order valence-electron chi connectivity index (χ2n) is 5.61. The topological polar surface area (TPSA) is 38.2 Å². The normalized spacial score (nSPS) is 24.7. The number of methoxy groups -OCH3 is 1. The molecule has 4 nitrogen and oxygen atoms in total. The molecular weight excluding hydrogens is 226 g/mol. The first-order valence-corrected chi connectivity index (χ1v) is 6.66. The van der Waals surface area contributed by atoms with Crippen LogP contribution in [0.3, 0.4) is 0 Å². The van der Waals surface area contributed by atoms with Crippen molar-refractivity contribution in [1.82, 2.24) is 14.9 Å². The average Bonchev–Trinajstić information content (AvgIpc) is 2.73. The van der Waals surface area contributed by atoms with Crippen LogP contribution in [-0.4, -0.2) is 34.1 Å². The summed E-state index contributed by atoms with van der Waals surface area (Å²) in [5.41, 5.74) is 1.46. The minimum absolute atomic E-state index is 0.305. The maximum atomic E-state index is 4.98. The molecule has 1 fully saturated rings. The van der Waals surface area contributed by atoms with E-state index in [9.17, 15) is 0 Å². The second-order valence-corrected chi connectivity index (χ2v) is 5.61. The van der Waals surface area contributed by atoms with Crippen LogP contribution in [0.4, 0.5) is 0 Å². The van der Waals surface area contributed by atoms with Crippen LogP contribution < -0.4 is 4.74 Å². The number of rotatable bonds is 4. The van der Waals surface area contributed by atoms with E-state index in [0.717, 1.165) is 12.1 Å². The molecule has 4 heteroatoms. The zero-order valence-electron chi connectivity index (χ0n) is 11.8. The predicted molar refractivity (Wildman–Crippen MR) is 71.5 cm³/mol. The lowest BCUT2D eigenvalue weighted by Crippen LogP contribution is -2.44. The third kappa shape index (κ3) is 2.48. The molecule has 1 atom stereocenters. The first kappa shape index (κ1) is 13.3. The molecule has 0 saturated carbocycles. The molecular formula is C14H23N3O. The Kier molecular flexibility index (Phi) is 3.85. The molecule has 2 rings (SSSR count).